The Kier molecular flexibility index (Phi) is 8.20. The van der Waals surface area contributed by atoms with E-state index in [9.17, 15) is 9.59 Å². The van der Waals surface area contributed by atoms with Gasteiger partial charge in [-0.3, -0.25) is 9.59 Å². The largest absolute Gasteiger partial charge is 0.494 e. The topological polar surface area (TPSA) is 55.8 Å². The van der Waals surface area contributed by atoms with Gasteiger partial charge in [-0.2, -0.15) is 0 Å². The van der Waals surface area contributed by atoms with Crippen LogP contribution in [0.5, 0.6) is 5.75 Å². The first-order valence-electron chi connectivity index (χ1n) is 10.5. The second kappa shape index (κ2) is 11.1. The van der Waals surface area contributed by atoms with E-state index in [1.54, 1.807) is 11.8 Å². The Labute approximate surface area is 182 Å². The third-order valence-corrected chi connectivity index (χ3v) is 6.21. The fraction of sp³-hybridized carbons (Fsp3) is 0.417. The van der Waals surface area contributed by atoms with Crippen molar-refractivity contribution < 1.29 is 19.1 Å². The highest BCUT2D eigenvalue weighted by Gasteiger charge is 2.28. The summed E-state index contributed by atoms with van der Waals surface area (Å²) < 4.78 is 10.9. The third kappa shape index (κ3) is 5.79. The number of ether oxygens (including phenoxy) is 2. The van der Waals surface area contributed by atoms with Crippen LogP contribution >= 0.6 is 11.8 Å². The molecular weight excluding hydrogens is 398 g/mol. The van der Waals surface area contributed by atoms with Crippen molar-refractivity contribution in [1.82, 2.24) is 4.90 Å². The number of piperidine rings is 1. The Morgan fingerprint density at radius 3 is 2.43 bits per heavy atom. The van der Waals surface area contributed by atoms with Crippen molar-refractivity contribution in [2.45, 2.75) is 37.3 Å². The van der Waals surface area contributed by atoms with E-state index in [0.717, 1.165) is 17.1 Å². The lowest BCUT2D eigenvalue weighted by atomic mass is 9.96. The number of rotatable bonds is 8. The second-order valence-corrected chi connectivity index (χ2v) is 8.22. The first kappa shape index (κ1) is 22.2. The van der Waals surface area contributed by atoms with Crippen LogP contribution < -0.4 is 4.74 Å². The lowest BCUT2D eigenvalue weighted by molar-refractivity contribution is -0.149. The molecule has 0 aromatic heterocycles. The molecule has 160 valence electrons. The Morgan fingerprint density at radius 1 is 1.03 bits per heavy atom. The molecule has 1 fully saturated rings. The van der Waals surface area contributed by atoms with Crippen molar-refractivity contribution in [3.63, 3.8) is 0 Å². The van der Waals surface area contributed by atoms with Crippen molar-refractivity contribution in [2.24, 2.45) is 5.92 Å². The molecular formula is C24H29NO4S. The van der Waals surface area contributed by atoms with Crippen LogP contribution in [0.3, 0.4) is 0 Å². The number of hydrogen-bond donors (Lipinski definition) is 0. The van der Waals surface area contributed by atoms with E-state index >= 15 is 0 Å². The summed E-state index contributed by atoms with van der Waals surface area (Å²) in [7, 11) is 0. The summed E-state index contributed by atoms with van der Waals surface area (Å²) in [5.41, 5.74) is 1.68. The van der Waals surface area contributed by atoms with Crippen LogP contribution in [0.15, 0.2) is 53.4 Å². The predicted octanol–water partition coefficient (Wildman–Crippen LogP) is 4.79. The molecule has 1 aliphatic heterocycles. The summed E-state index contributed by atoms with van der Waals surface area (Å²) in [5, 5.41) is 0. The van der Waals surface area contributed by atoms with Crippen LogP contribution in [0, 0.1) is 5.92 Å². The smallest absolute Gasteiger partial charge is 0.309 e. The molecule has 0 aliphatic carbocycles. The van der Waals surface area contributed by atoms with Gasteiger partial charge in [0.05, 0.1) is 19.1 Å². The van der Waals surface area contributed by atoms with Crippen LogP contribution in [-0.4, -0.2) is 43.1 Å². The summed E-state index contributed by atoms with van der Waals surface area (Å²) in [5.74, 6) is 1.30. The molecule has 0 atom stereocenters. The normalized spacial score (nSPS) is 14.4. The number of nitrogens with zero attached hydrogens (tertiary/aromatic N) is 1. The fourth-order valence-electron chi connectivity index (χ4n) is 3.56. The maximum atomic E-state index is 13.1. The third-order valence-electron chi connectivity index (χ3n) is 5.15. The quantitative estimate of drug-likeness (QED) is 0.448. The van der Waals surface area contributed by atoms with Gasteiger partial charge >= 0.3 is 5.97 Å². The predicted molar refractivity (Wildman–Crippen MR) is 119 cm³/mol. The van der Waals surface area contributed by atoms with Crippen molar-refractivity contribution in [3.8, 4) is 5.75 Å². The number of amides is 1. The van der Waals surface area contributed by atoms with E-state index in [0.29, 0.717) is 44.7 Å². The molecule has 2 aromatic carbocycles. The van der Waals surface area contributed by atoms with Crippen molar-refractivity contribution in [3.05, 3.63) is 59.7 Å². The summed E-state index contributed by atoms with van der Waals surface area (Å²) in [6.45, 7) is 5.90. The zero-order chi connectivity index (χ0) is 21.3. The number of esters is 1. The Morgan fingerprint density at radius 2 is 1.77 bits per heavy atom. The van der Waals surface area contributed by atoms with Gasteiger partial charge in [-0.25, -0.2) is 0 Å². The molecule has 3 rings (SSSR count). The summed E-state index contributed by atoms with van der Waals surface area (Å²) in [6.07, 6.45) is 1.30. The van der Waals surface area contributed by atoms with Crippen LogP contribution in [0.4, 0.5) is 0 Å². The highest BCUT2D eigenvalue weighted by Crippen LogP contribution is 2.30. The van der Waals surface area contributed by atoms with E-state index in [4.69, 9.17) is 9.47 Å². The molecule has 0 spiro atoms. The van der Waals surface area contributed by atoms with Gasteiger partial charge < -0.3 is 14.4 Å². The van der Waals surface area contributed by atoms with E-state index in [1.807, 2.05) is 55.1 Å². The van der Waals surface area contributed by atoms with Crippen LogP contribution in [0.25, 0.3) is 0 Å². The molecule has 2 aromatic rings. The number of hydrogen-bond acceptors (Lipinski definition) is 5. The van der Waals surface area contributed by atoms with Gasteiger partial charge in [0.15, 0.2) is 0 Å². The van der Waals surface area contributed by atoms with Gasteiger partial charge in [0.1, 0.15) is 5.75 Å². The van der Waals surface area contributed by atoms with Crippen LogP contribution in [0.2, 0.25) is 0 Å². The molecule has 0 radical (unpaired) electrons. The van der Waals surface area contributed by atoms with E-state index < -0.39 is 0 Å². The molecule has 0 N–H and O–H groups in total. The molecule has 1 saturated heterocycles. The lowest BCUT2D eigenvalue weighted by Gasteiger charge is -2.31. The summed E-state index contributed by atoms with van der Waals surface area (Å²) in [4.78, 5) is 28.0. The van der Waals surface area contributed by atoms with Gasteiger partial charge in [0, 0.05) is 34.9 Å². The minimum Gasteiger partial charge on any atom is -0.494 e. The Bertz CT molecular complexity index is 848. The van der Waals surface area contributed by atoms with Crippen LogP contribution in [-0.2, 0) is 15.3 Å². The molecule has 1 aliphatic rings. The SMILES string of the molecule is CCOC(=O)C1CCN(C(=O)c2ccc(OCC)c(CSc3ccccc3)c2)CC1. The first-order valence-corrected chi connectivity index (χ1v) is 11.5. The molecule has 6 heteroatoms. The summed E-state index contributed by atoms with van der Waals surface area (Å²) in [6, 6.07) is 15.9. The maximum Gasteiger partial charge on any atom is 0.309 e. The molecule has 0 unspecified atom stereocenters. The van der Waals surface area contributed by atoms with Gasteiger partial charge in [0.25, 0.3) is 5.91 Å². The van der Waals surface area contributed by atoms with Gasteiger partial charge in [0.2, 0.25) is 0 Å². The minimum absolute atomic E-state index is 0.00585. The van der Waals surface area contributed by atoms with E-state index in [1.165, 1.54) is 4.90 Å². The van der Waals surface area contributed by atoms with Gasteiger partial charge in [-0.05, 0) is 57.0 Å². The number of benzene rings is 2. The highest BCUT2D eigenvalue weighted by molar-refractivity contribution is 7.98. The summed E-state index contributed by atoms with van der Waals surface area (Å²) >= 11 is 1.72. The molecule has 0 saturated carbocycles. The van der Waals surface area contributed by atoms with Crippen molar-refractivity contribution >= 4 is 23.6 Å². The second-order valence-electron chi connectivity index (χ2n) is 7.18. The number of carbonyl (C=O) groups is 2. The Balaban J connectivity index is 1.68. The molecule has 30 heavy (non-hydrogen) atoms. The zero-order valence-electron chi connectivity index (χ0n) is 17.6. The number of likely N-dealkylation sites (tertiary alicyclic amines) is 1. The Hall–Kier alpha value is -2.47. The zero-order valence-corrected chi connectivity index (χ0v) is 18.5. The molecule has 1 amide bonds. The molecule has 1 heterocycles. The average molecular weight is 428 g/mol. The van der Waals surface area contributed by atoms with Crippen molar-refractivity contribution in [2.75, 3.05) is 26.3 Å². The van der Waals surface area contributed by atoms with Crippen molar-refractivity contribution in [1.29, 1.82) is 0 Å². The highest BCUT2D eigenvalue weighted by atomic mass is 32.2. The van der Waals surface area contributed by atoms with Gasteiger partial charge in [-0.1, -0.05) is 18.2 Å². The number of thioether (sulfide) groups is 1. The minimum atomic E-state index is -0.147. The maximum absolute atomic E-state index is 13.1. The molecule has 0 bridgehead atoms. The van der Waals surface area contributed by atoms with Crippen LogP contribution in [0.1, 0.15) is 42.6 Å². The standard InChI is InChI=1S/C24H29NO4S/c1-3-28-22-11-10-19(16-20(22)17-30-21-8-6-5-7-9-21)23(26)25-14-12-18(13-15-25)24(27)29-4-2/h5-11,16,18H,3-4,12-15,17H2,1-2H3. The lowest BCUT2D eigenvalue weighted by Crippen LogP contribution is -2.40. The monoisotopic (exact) mass is 427 g/mol. The number of carbonyl (C=O) groups excluding carboxylic acids is 2. The molecule has 5 nitrogen and oxygen atoms in total. The fourth-order valence-corrected chi connectivity index (χ4v) is 4.46. The van der Waals surface area contributed by atoms with E-state index in [-0.39, 0.29) is 17.8 Å². The van der Waals surface area contributed by atoms with E-state index in [2.05, 4.69) is 12.1 Å². The van der Waals surface area contributed by atoms with Gasteiger partial charge in [-0.15, -0.1) is 11.8 Å². The first-order chi connectivity index (χ1) is 14.6. The average Bonchev–Trinajstić information content (AvgIpc) is 2.79.